The van der Waals surface area contributed by atoms with Crippen LogP contribution in [0.3, 0.4) is 0 Å². The standard InChI is InChI=1S/C14H18N2O5/c1-10(17)11-4-2-3-5-12(11)21-7-6-16(8-13(15)18)9-14(19)20/h2-5H,6-9H2,1H3,(H2,15,18)(H,19,20). The number of carboxylic acids is 1. The van der Waals surface area contributed by atoms with E-state index in [0.717, 1.165) is 0 Å². The molecule has 0 spiro atoms. The summed E-state index contributed by atoms with van der Waals surface area (Å²) in [7, 11) is 0. The molecule has 21 heavy (non-hydrogen) atoms. The Hall–Kier alpha value is -2.41. The number of primary amides is 1. The van der Waals surface area contributed by atoms with Gasteiger partial charge in [-0.25, -0.2) is 0 Å². The average molecular weight is 294 g/mol. The number of hydrogen-bond acceptors (Lipinski definition) is 5. The van der Waals surface area contributed by atoms with E-state index in [1.807, 2.05) is 0 Å². The second-order valence-corrected chi connectivity index (χ2v) is 4.47. The van der Waals surface area contributed by atoms with Gasteiger partial charge in [0.05, 0.1) is 18.7 Å². The second-order valence-electron chi connectivity index (χ2n) is 4.47. The van der Waals surface area contributed by atoms with Gasteiger partial charge in [-0.2, -0.15) is 0 Å². The van der Waals surface area contributed by atoms with Gasteiger partial charge in [0.15, 0.2) is 5.78 Å². The van der Waals surface area contributed by atoms with Crippen molar-refractivity contribution in [3.05, 3.63) is 29.8 Å². The molecule has 0 fully saturated rings. The normalized spacial score (nSPS) is 10.4. The van der Waals surface area contributed by atoms with Gasteiger partial charge >= 0.3 is 5.97 Å². The van der Waals surface area contributed by atoms with E-state index in [1.54, 1.807) is 24.3 Å². The van der Waals surface area contributed by atoms with Crippen LogP contribution in [0.5, 0.6) is 5.75 Å². The van der Waals surface area contributed by atoms with Crippen LogP contribution in [-0.4, -0.2) is 53.9 Å². The predicted molar refractivity (Wildman–Crippen MR) is 75.2 cm³/mol. The molecule has 1 aromatic carbocycles. The lowest BCUT2D eigenvalue weighted by atomic mass is 10.1. The average Bonchev–Trinajstić information content (AvgIpc) is 2.37. The van der Waals surface area contributed by atoms with Gasteiger partial charge in [0, 0.05) is 6.54 Å². The quantitative estimate of drug-likeness (QED) is 0.627. The van der Waals surface area contributed by atoms with E-state index in [0.29, 0.717) is 11.3 Å². The van der Waals surface area contributed by atoms with Crippen molar-refractivity contribution < 1.29 is 24.2 Å². The molecule has 0 unspecified atom stereocenters. The molecule has 0 radical (unpaired) electrons. The zero-order chi connectivity index (χ0) is 15.8. The Morgan fingerprint density at radius 1 is 1.24 bits per heavy atom. The van der Waals surface area contributed by atoms with Crippen molar-refractivity contribution in [1.29, 1.82) is 0 Å². The lowest BCUT2D eigenvalue weighted by molar-refractivity contribution is -0.138. The number of ether oxygens (including phenoxy) is 1. The second kappa shape index (κ2) is 8.01. The fourth-order valence-electron chi connectivity index (χ4n) is 1.79. The molecule has 1 rings (SSSR count). The number of Topliss-reactive ketones (excluding diaryl/α,β-unsaturated/α-hetero) is 1. The summed E-state index contributed by atoms with van der Waals surface area (Å²) < 4.78 is 5.48. The molecule has 7 heteroatoms. The molecule has 0 atom stereocenters. The zero-order valence-corrected chi connectivity index (χ0v) is 11.7. The van der Waals surface area contributed by atoms with E-state index >= 15 is 0 Å². The molecule has 0 heterocycles. The molecule has 0 aliphatic rings. The number of carbonyl (C=O) groups excluding carboxylic acids is 2. The first kappa shape index (κ1) is 16.6. The van der Waals surface area contributed by atoms with E-state index in [9.17, 15) is 14.4 Å². The molecule has 1 aromatic rings. The summed E-state index contributed by atoms with van der Waals surface area (Å²) in [6.45, 7) is 1.32. The van der Waals surface area contributed by atoms with Crippen molar-refractivity contribution in [3.63, 3.8) is 0 Å². The summed E-state index contributed by atoms with van der Waals surface area (Å²) in [5.41, 5.74) is 5.51. The number of benzene rings is 1. The summed E-state index contributed by atoms with van der Waals surface area (Å²) in [6, 6.07) is 6.77. The number of rotatable bonds is 9. The van der Waals surface area contributed by atoms with Gasteiger partial charge in [-0.15, -0.1) is 0 Å². The van der Waals surface area contributed by atoms with E-state index < -0.39 is 11.9 Å². The maximum atomic E-state index is 11.4. The van der Waals surface area contributed by atoms with Crippen molar-refractivity contribution >= 4 is 17.7 Å². The Bertz CT molecular complexity index is 514. The van der Waals surface area contributed by atoms with Gasteiger partial charge in [0.2, 0.25) is 5.91 Å². The molecule has 0 saturated carbocycles. The van der Waals surface area contributed by atoms with Crippen LogP contribution in [-0.2, 0) is 9.59 Å². The molecule has 0 aliphatic heterocycles. The number of amides is 1. The fraction of sp³-hybridized carbons (Fsp3) is 0.357. The van der Waals surface area contributed by atoms with Crippen molar-refractivity contribution in [2.75, 3.05) is 26.2 Å². The number of nitrogens with two attached hydrogens (primary N) is 1. The summed E-state index contributed by atoms with van der Waals surface area (Å²) >= 11 is 0. The van der Waals surface area contributed by atoms with Crippen molar-refractivity contribution in [2.24, 2.45) is 5.73 Å². The Morgan fingerprint density at radius 2 is 1.90 bits per heavy atom. The Kier molecular flexibility index (Phi) is 6.35. The maximum absolute atomic E-state index is 11.4. The van der Waals surface area contributed by atoms with E-state index in [-0.39, 0.29) is 32.0 Å². The molecular formula is C14H18N2O5. The minimum Gasteiger partial charge on any atom is -0.491 e. The SMILES string of the molecule is CC(=O)c1ccccc1OCCN(CC(N)=O)CC(=O)O. The van der Waals surface area contributed by atoms with Gasteiger partial charge in [0.1, 0.15) is 12.4 Å². The number of carbonyl (C=O) groups is 3. The number of aliphatic carboxylic acids is 1. The Labute approximate surface area is 122 Å². The third-order valence-electron chi connectivity index (χ3n) is 2.67. The summed E-state index contributed by atoms with van der Waals surface area (Å²) in [4.78, 5) is 34.3. The molecule has 114 valence electrons. The smallest absolute Gasteiger partial charge is 0.317 e. The Morgan fingerprint density at radius 3 is 2.48 bits per heavy atom. The van der Waals surface area contributed by atoms with E-state index in [4.69, 9.17) is 15.6 Å². The minimum atomic E-state index is -1.06. The minimum absolute atomic E-state index is 0.120. The number of hydrogen-bond donors (Lipinski definition) is 2. The van der Waals surface area contributed by atoms with Gasteiger partial charge < -0.3 is 15.6 Å². The first-order valence-corrected chi connectivity index (χ1v) is 6.35. The van der Waals surface area contributed by atoms with Crippen LogP contribution >= 0.6 is 0 Å². The molecule has 7 nitrogen and oxygen atoms in total. The molecule has 3 N–H and O–H groups in total. The largest absolute Gasteiger partial charge is 0.491 e. The predicted octanol–water partition coefficient (Wildman–Crippen LogP) is 0.140. The zero-order valence-electron chi connectivity index (χ0n) is 11.7. The fourth-order valence-corrected chi connectivity index (χ4v) is 1.79. The van der Waals surface area contributed by atoms with Gasteiger partial charge in [0.25, 0.3) is 0 Å². The number of para-hydroxylation sites is 1. The lowest BCUT2D eigenvalue weighted by Gasteiger charge is -2.19. The topological polar surface area (TPSA) is 110 Å². The molecule has 0 saturated heterocycles. The van der Waals surface area contributed by atoms with E-state index in [1.165, 1.54) is 11.8 Å². The first-order chi connectivity index (χ1) is 9.90. The van der Waals surface area contributed by atoms with Gasteiger partial charge in [-0.3, -0.25) is 19.3 Å². The van der Waals surface area contributed by atoms with Crippen LogP contribution in [0.4, 0.5) is 0 Å². The molecule has 1 amide bonds. The number of ketones is 1. The Balaban J connectivity index is 2.59. The van der Waals surface area contributed by atoms with Crippen molar-refractivity contribution in [2.45, 2.75) is 6.92 Å². The molecule has 0 aromatic heterocycles. The van der Waals surface area contributed by atoms with Crippen LogP contribution in [0.15, 0.2) is 24.3 Å². The lowest BCUT2D eigenvalue weighted by Crippen LogP contribution is -2.39. The highest BCUT2D eigenvalue weighted by Crippen LogP contribution is 2.18. The van der Waals surface area contributed by atoms with Crippen LogP contribution in [0.25, 0.3) is 0 Å². The summed E-state index contributed by atoms with van der Waals surface area (Å²) in [5, 5.41) is 8.75. The highest BCUT2D eigenvalue weighted by atomic mass is 16.5. The van der Waals surface area contributed by atoms with Crippen LogP contribution < -0.4 is 10.5 Å². The highest BCUT2D eigenvalue weighted by molar-refractivity contribution is 5.96. The molecular weight excluding hydrogens is 276 g/mol. The number of nitrogens with zero attached hydrogens (tertiary/aromatic N) is 1. The number of carboxylic acid groups (broad SMARTS) is 1. The summed E-state index contributed by atoms with van der Waals surface area (Å²) in [5.74, 6) is -1.36. The third kappa shape index (κ3) is 6.05. The van der Waals surface area contributed by atoms with Crippen molar-refractivity contribution in [1.82, 2.24) is 4.90 Å². The first-order valence-electron chi connectivity index (χ1n) is 6.35. The monoisotopic (exact) mass is 294 g/mol. The summed E-state index contributed by atoms with van der Waals surface area (Å²) in [6.07, 6.45) is 0. The third-order valence-corrected chi connectivity index (χ3v) is 2.67. The highest BCUT2D eigenvalue weighted by Gasteiger charge is 2.13. The van der Waals surface area contributed by atoms with Crippen LogP contribution in [0.1, 0.15) is 17.3 Å². The van der Waals surface area contributed by atoms with Crippen LogP contribution in [0.2, 0.25) is 0 Å². The molecule has 0 bridgehead atoms. The van der Waals surface area contributed by atoms with Crippen molar-refractivity contribution in [3.8, 4) is 5.75 Å². The van der Waals surface area contributed by atoms with Gasteiger partial charge in [-0.05, 0) is 19.1 Å². The maximum Gasteiger partial charge on any atom is 0.317 e. The van der Waals surface area contributed by atoms with Gasteiger partial charge in [-0.1, -0.05) is 12.1 Å². The molecule has 0 aliphatic carbocycles. The van der Waals surface area contributed by atoms with E-state index in [2.05, 4.69) is 0 Å². The van der Waals surface area contributed by atoms with Crippen LogP contribution in [0, 0.1) is 0 Å².